The SMILES string of the molecule is CC(=O)c1ccn(C(=O)N2CCC3(CCN(Cc4cccc(-c5nccs5)c4)C3)CC2)n1. The van der Waals surface area contributed by atoms with E-state index in [0.717, 1.165) is 50.6 Å². The minimum absolute atomic E-state index is 0.127. The van der Waals surface area contributed by atoms with Gasteiger partial charge in [-0.25, -0.2) is 9.78 Å². The number of hydrogen-bond acceptors (Lipinski definition) is 6. The number of nitrogens with zero attached hydrogens (tertiary/aromatic N) is 5. The fraction of sp³-hybridized carbons (Fsp3) is 0.417. The van der Waals surface area contributed by atoms with Crippen molar-refractivity contribution in [2.24, 2.45) is 5.41 Å². The summed E-state index contributed by atoms with van der Waals surface area (Å²) >= 11 is 1.67. The number of carbonyl (C=O) groups is 2. The van der Waals surface area contributed by atoms with Crippen LogP contribution >= 0.6 is 11.3 Å². The lowest BCUT2D eigenvalue weighted by Gasteiger charge is -2.39. The van der Waals surface area contributed by atoms with Crippen molar-refractivity contribution >= 4 is 23.2 Å². The van der Waals surface area contributed by atoms with Crippen LogP contribution in [0.15, 0.2) is 48.1 Å². The molecule has 0 bridgehead atoms. The van der Waals surface area contributed by atoms with Gasteiger partial charge in [0.1, 0.15) is 10.7 Å². The van der Waals surface area contributed by atoms with E-state index in [1.54, 1.807) is 23.6 Å². The molecule has 1 amide bonds. The van der Waals surface area contributed by atoms with E-state index >= 15 is 0 Å². The van der Waals surface area contributed by atoms with Crippen molar-refractivity contribution in [2.45, 2.75) is 32.7 Å². The maximum Gasteiger partial charge on any atom is 0.344 e. The first kappa shape index (κ1) is 21.0. The summed E-state index contributed by atoms with van der Waals surface area (Å²) in [5.74, 6) is -0.127. The molecule has 2 aromatic heterocycles. The van der Waals surface area contributed by atoms with Crippen LogP contribution in [0.2, 0.25) is 0 Å². The maximum absolute atomic E-state index is 12.8. The normalized spacial score (nSPS) is 18.3. The second-order valence-corrected chi connectivity index (χ2v) is 9.86. The molecule has 2 aliphatic heterocycles. The summed E-state index contributed by atoms with van der Waals surface area (Å²) in [5.41, 5.74) is 3.13. The predicted molar refractivity (Wildman–Crippen MR) is 124 cm³/mol. The van der Waals surface area contributed by atoms with Gasteiger partial charge in [-0.05, 0) is 48.9 Å². The molecule has 7 nitrogen and oxygen atoms in total. The van der Waals surface area contributed by atoms with E-state index in [9.17, 15) is 9.59 Å². The molecular weight excluding hydrogens is 422 g/mol. The van der Waals surface area contributed by atoms with Crippen molar-refractivity contribution in [1.29, 1.82) is 0 Å². The lowest BCUT2D eigenvalue weighted by Crippen LogP contribution is -2.45. The molecule has 0 saturated carbocycles. The molecular formula is C24H27N5O2S. The van der Waals surface area contributed by atoms with Crippen molar-refractivity contribution in [2.75, 3.05) is 26.2 Å². The van der Waals surface area contributed by atoms with Crippen LogP contribution in [0, 0.1) is 5.41 Å². The summed E-state index contributed by atoms with van der Waals surface area (Å²) in [6.07, 6.45) is 6.63. The van der Waals surface area contributed by atoms with E-state index in [1.807, 2.05) is 16.5 Å². The van der Waals surface area contributed by atoms with E-state index in [0.29, 0.717) is 11.1 Å². The number of thiazole rings is 1. The van der Waals surface area contributed by atoms with Crippen LogP contribution in [0.1, 0.15) is 42.2 Å². The predicted octanol–water partition coefficient (Wildman–Crippen LogP) is 4.17. The Morgan fingerprint density at radius 2 is 1.94 bits per heavy atom. The molecule has 166 valence electrons. The number of piperidine rings is 1. The largest absolute Gasteiger partial charge is 0.344 e. The highest BCUT2D eigenvalue weighted by Crippen LogP contribution is 2.41. The molecule has 0 atom stereocenters. The Morgan fingerprint density at radius 1 is 1.12 bits per heavy atom. The number of carbonyl (C=O) groups excluding carboxylic acids is 2. The quantitative estimate of drug-likeness (QED) is 0.559. The Bertz CT molecular complexity index is 1120. The fourth-order valence-electron chi connectivity index (χ4n) is 4.93. The van der Waals surface area contributed by atoms with Gasteiger partial charge in [-0.2, -0.15) is 9.78 Å². The highest BCUT2D eigenvalue weighted by atomic mass is 32.1. The van der Waals surface area contributed by atoms with Crippen LogP contribution in [-0.4, -0.2) is 62.6 Å². The summed E-state index contributed by atoms with van der Waals surface area (Å²) in [4.78, 5) is 33.1. The highest BCUT2D eigenvalue weighted by molar-refractivity contribution is 7.13. The van der Waals surface area contributed by atoms with Gasteiger partial charge in [0.05, 0.1) is 0 Å². The summed E-state index contributed by atoms with van der Waals surface area (Å²) in [7, 11) is 0. The molecule has 1 spiro atoms. The molecule has 2 fully saturated rings. The molecule has 1 aromatic carbocycles. The number of amides is 1. The Labute approximate surface area is 191 Å². The molecule has 3 aromatic rings. The minimum Gasteiger partial charge on any atom is -0.323 e. The lowest BCUT2D eigenvalue weighted by atomic mass is 9.78. The first-order valence-corrected chi connectivity index (χ1v) is 12.0. The van der Waals surface area contributed by atoms with Crippen molar-refractivity contribution in [3.05, 3.63) is 59.4 Å². The van der Waals surface area contributed by atoms with Gasteiger partial charge < -0.3 is 4.90 Å². The third-order valence-electron chi connectivity index (χ3n) is 6.77. The van der Waals surface area contributed by atoms with Crippen LogP contribution in [-0.2, 0) is 6.54 Å². The molecule has 0 unspecified atom stereocenters. The smallest absolute Gasteiger partial charge is 0.323 e. The Kier molecular flexibility index (Phi) is 5.65. The molecule has 32 heavy (non-hydrogen) atoms. The minimum atomic E-state index is -0.138. The van der Waals surface area contributed by atoms with Gasteiger partial charge in [0, 0.05) is 56.4 Å². The summed E-state index contributed by atoms with van der Waals surface area (Å²) in [6.45, 7) is 6.06. The molecule has 2 aliphatic rings. The van der Waals surface area contributed by atoms with Gasteiger partial charge in [0.25, 0.3) is 0 Å². The molecule has 4 heterocycles. The van der Waals surface area contributed by atoms with E-state index in [1.165, 1.54) is 29.2 Å². The van der Waals surface area contributed by atoms with E-state index in [2.05, 4.69) is 39.2 Å². The van der Waals surface area contributed by atoms with Crippen molar-refractivity contribution in [1.82, 2.24) is 24.6 Å². The zero-order valence-electron chi connectivity index (χ0n) is 18.2. The van der Waals surface area contributed by atoms with Crippen LogP contribution < -0.4 is 0 Å². The fourth-order valence-corrected chi connectivity index (χ4v) is 5.57. The van der Waals surface area contributed by atoms with Gasteiger partial charge in [-0.15, -0.1) is 11.3 Å². The Balaban J connectivity index is 1.18. The molecule has 5 rings (SSSR count). The molecule has 8 heteroatoms. The topological polar surface area (TPSA) is 71.3 Å². The average molecular weight is 450 g/mol. The van der Waals surface area contributed by atoms with E-state index < -0.39 is 0 Å². The summed E-state index contributed by atoms with van der Waals surface area (Å²) < 4.78 is 1.30. The number of hydrogen-bond donors (Lipinski definition) is 0. The summed E-state index contributed by atoms with van der Waals surface area (Å²) in [5, 5.41) is 7.20. The number of Topliss-reactive ketones (excluding diaryl/α,β-unsaturated/α-hetero) is 1. The molecule has 0 aliphatic carbocycles. The number of likely N-dealkylation sites (tertiary alicyclic amines) is 2. The molecule has 2 saturated heterocycles. The monoisotopic (exact) mass is 449 g/mol. The number of aromatic nitrogens is 3. The maximum atomic E-state index is 12.8. The second-order valence-electron chi connectivity index (χ2n) is 8.97. The Morgan fingerprint density at radius 3 is 2.66 bits per heavy atom. The number of ketones is 1. The third kappa shape index (κ3) is 4.25. The lowest BCUT2D eigenvalue weighted by molar-refractivity contribution is 0.101. The van der Waals surface area contributed by atoms with Crippen molar-refractivity contribution < 1.29 is 9.59 Å². The molecule has 0 radical (unpaired) electrons. The standard InChI is InChI=1S/C24H27N5O2S/c1-18(30)21-5-10-29(26-21)23(31)28-12-7-24(8-13-28)6-11-27(17-24)16-19-3-2-4-20(15-19)22-25-9-14-32-22/h2-5,9-10,14-15H,6-8,11-13,16-17H2,1H3. The molecule has 0 N–H and O–H groups in total. The summed E-state index contributed by atoms with van der Waals surface area (Å²) in [6, 6.07) is 10.2. The van der Waals surface area contributed by atoms with E-state index in [4.69, 9.17) is 0 Å². The first-order chi connectivity index (χ1) is 15.5. The third-order valence-corrected chi connectivity index (χ3v) is 7.59. The van der Waals surface area contributed by atoms with Gasteiger partial charge in [-0.3, -0.25) is 9.69 Å². The van der Waals surface area contributed by atoms with Gasteiger partial charge >= 0.3 is 6.03 Å². The van der Waals surface area contributed by atoms with Crippen LogP contribution in [0.25, 0.3) is 10.6 Å². The Hall–Kier alpha value is -2.84. The van der Waals surface area contributed by atoms with Crippen molar-refractivity contribution in [3.8, 4) is 10.6 Å². The number of benzene rings is 1. The highest BCUT2D eigenvalue weighted by Gasteiger charge is 2.41. The van der Waals surface area contributed by atoms with Crippen LogP contribution in [0.5, 0.6) is 0 Å². The number of rotatable bonds is 4. The van der Waals surface area contributed by atoms with Crippen molar-refractivity contribution in [3.63, 3.8) is 0 Å². The average Bonchev–Trinajstić information content (AvgIpc) is 3.56. The van der Waals surface area contributed by atoms with Crippen LogP contribution in [0.4, 0.5) is 4.79 Å². The van der Waals surface area contributed by atoms with Gasteiger partial charge in [-0.1, -0.05) is 18.2 Å². The van der Waals surface area contributed by atoms with Gasteiger partial charge in [0.15, 0.2) is 5.78 Å². The zero-order valence-corrected chi connectivity index (χ0v) is 19.1. The second kappa shape index (κ2) is 8.60. The first-order valence-electron chi connectivity index (χ1n) is 11.1. The zero-order chi connectivity index (χ0) is 22.1. The van der Waals surface area contributed by atoms with Gasteiger partial charge in [0.2, 0.25) is 0 Å². The van der Waals surface area contributed by atoms with Crippen LogP contribution in [0.3, 0.4) is 0 Å². The van der Waals surface area contributed by atoms with E-state index in [-0.39, 0.29) is 11.8 Å².